The molecule has 0 bridgehead atoms. The summed E-state index contributed by atoms with van der Waals surface area (Å²) in [7, 11) is 0. The Morgan fingerprint density at radius 1 is 0.460 bits per heavy atom. The van der Waals surface area contributed by atoms with Crippen LogP contribution in [0.4, 0.5) is 0 Å². The fraction of sp³-hybridized carbons (Fsp3) is 0.100. The summed E-state index contributed by atoms with van der Waals surface area (Å²) >= 11 is 0. The van der Waals surface area contributed by atoms with Gasteiger partial charge in [0.1, 0.15) is 5.82 Å². The van der Waals surface area contributed by atoms with Gasteiger partial charge in [-0.05, 0) is 131 Å². The monoisotopic (exact) mass is 1310 g/mol. The number of para-hydroxylation sites is 4. The number of nitrogens with zero attached hydrogens (tertiary/aromatic N) is 5. The molecule has 0 spiro atoms. The van der Waals surface area contributed by atoms with Gasteiger partial charge >= 0.3 is 0 Å². The molecule has 0 fully saturated rings. The third-order valence-electron chi connectivity index (χ3n) is 17.1. The molecule has 0 aliphatic carbocycles. The number of pyridine rings is 1. The van der Waals surface area contributed by atoms with Crippen LogP contribution >= 0.6 is 0 Å². The molecule has 1 aliphatic rings. The molecular weight excluding hydrogens is 1240 g/mol. The van der Waals surface area contributed by atoms with Gasteiger partial charge < -0.3 is 18.4 Å². The van der Waals surface area contributed by atoms with Gasteiger partial charge in [-0.2, -0.15) is 18.2 Å². The van der Waals surface area contributed by atoms with E-state index in [9.17, 15) is 2.74 Å². The van der Waals surface area contributed by atoms with Gasteiger partial charge in [0.15, 0.2) is 0 Å². The molecule has 11 aromatic carbocycles. The van der Waals surface area contributed by atoms with Crippen LogP contribution in [0.5, 0.6) is 11.5 Å². The summed E-state index contributed by atoms with van der Waals surface area (Å²) in [5.74, 6) is 1.80. The summed E-state index contributed by atoms with van der Waals surface area (Å²) in [6.45, 7) is 13.3. The van der Waals surface area contributed by atoms with Gasteiger partial charge in [-0.25, -0.2) is 4.98 Å². The molecule has 15 aromatic rings. The first-order chi connectivity index (χ1) is 44.0. The maximum absolute atomic E-state index is 9.49. The third-order valence-corrected chi connectivity index (χ3v) is 17.1. The number of benzene rings is 11. The summed E-state index contributed by atoms with van der Waals surface area (Å²) in [4.78, 5) is 4.92. The molecular formula is C80H59N5OPt-2. The largest absolute Gasteiger partial charge is 0.510 e. The van der Waals surface area contributed by atoms with Crippen molar-refractivity contribution >= 4 is 54.6 Å². The minimum Gasteiger partial charge on any atom is -0.510 e. The van der Waals surface area contributed by atoms with E-state index in [1.807, 2.05) is 54.7 Å². The standard InChI is InChI=1S/C80H59N5O.Pt/c1-79(2,3)54-39-37-51(38-40-54)53-45-68-60-25-10-11-29-65(60)76-59(52-21-8-7-9-22-52)30-19-31-66(76)67-32-20-36-72(84-69-33-15-12-26-61(69)62-27-13-16-34-70(62)84)77(67)83-50-82(74(46-53)78(68)83)56-23-18-24-57(48-56)86-58-41-42-64-63-28-14-17-35-71(63)85(73(64)49-58)75-47-55(43-44-81-75)80(4,5)6;/h7-47H,1-6H3;/q-2;/i7D,8D,9D,21D,22D;. The van der Waals surface area contributed by atoms with Crippen molar-refractivity contribution in [1.29, 1.82) is 0 Å². The number of aromatic nitrogens is 5. The van der Waals surface area contributed by atoms with E-state index in [1.54, 1.807) is 0 Å². The van der Waals surface area contributed by atoms with Gasteiger partial charge in [-0.15, -0.1) is 29.7 Å². The Kier molecular flexibility index (Phi) is 11.5. The molecule has 0 saturated heterocycles. The Balaban J connectivity index is 0.00000702. The maximum atomic E-state index is 9.49. The number of hydrogen-bond acceptors (Lipinski definition) is 2. The average molecular weight is 1310 g/mol. The number of rotatable bonds is 7. The SMILES string of the molecule is [2H]c1c([2H])c([2H])c(-c2cccc3c2-c2ccccc2-c2cc(-c4ccc(C(C)(C)C)cc4)cc4c2[n+]([c-]n4-c2[c-]c(Oc4[c-]c5c(cc4)c4ccccc4n5-c4cc(C(C)(C)C)ccn4)ccc2)-c2c-3cccc2-n2c3ccccc3c3ccccc32)c([2H])c1[2H].[Pt]. The molecule has 0 amide bonds. The zero-order valence-corrected chi connectivity index (χ0v) is 51.0. The zero-order valence-electron chi connectivity index (χ0n) is 53.7. The second kappa shape index (κ2) is 20.7. The quantitative estimate of drug-likeness (QED) is 0.118. The van der Waals surface area contributed by atoms with Crippen LogP contribution < -0.4 is 9.30 Å². The van der Waals surface area contributed by atoms with Crippen LogP contribution in [0.15, 0.2) is 249 Å². The van der Waals surface area contributed by atoms with Gasteiger partial charge in [0, 0.05) is 55.1 Å². The van der Waals surface area contributed by atoms with Crippen molar-refractivity contribution in [1.82, 2.24) is 18.7 Å². The minimum absolute atomic E-state index is 0. The van der Waals surface area contributed by atoms with Crippen LogP contribution in [0.25, 0.3) is 133 Å². The van der Waals surface area contributed by atoms with E-state index in [0.717, 1.165) is 116 Å². The van der Waals surface area contributed by atoms with E-state index >= 15 is 0 Å². The van der Waals surface area contributed by atoms with Crippen molar-refractivity contribution < 1.29 is 37.2 Å². The normalized spacial score (nSPS) is 13.0. The predicted octanol–water partition coefficient (Wildman–Crippen LogP) is 19.9. The van der Waals surface area contributed by atoms with Crippen molar-refractivity contribution in [2.24, 2.45) is 0 Å². The molecule has 0 saturated carbocycles. The smallest absolute Gasteiger partial charge is 0.268 e. The van der Waals surface area contributed by atoms with Gasteiger partial charge in [0.25, 0.3) is 6.33 Å². The average Bonchev–Trinajstić information content (AvgIpc) is 1.09. The summed E-state index contributed by atoms with van der Waals surface area (Å²) in [6, 6.07) is 79.2. The molecule has 422 valence electrons. The first-order valence-corrected chi connectivity index (χ1v) is 29.2. The number of hydrogen-bond donors (Lipinski definition) is 0. The Hall–Kier alpha value is -9.87. The Morgan fingerprint density at radius 3 is 1.79 bits per heavy atom. The molecule has 4 aromatic heterocycles. The van der Waals surface area contributed by atoms with Crippen LogP contribution in [0, 0.1) is 18.5 Å². The van der Waals surface area contributed by atoms with Gasteiger partial charge in [-0.3, -0.25) is 4.57 Å². The summed E-state index contributed by atoms with van der Waals surface area (Å²) in [5.41, 5.74) is 17.7. The van der Waals surface area contributed by atoms with Gasteiger partial charge in [-0.1, -0.05) is 217 Å². The third kappa shape index (κ3) is 8.87. The molecule has 0 N–H and O–H groups in total. The fourth-order valence-corrected chi connectivity index (χ4v) is 13.0. The first kappa shape index (κ1) is 48.4. The Labute approximate surface area is 528 Å². The van der Waals surface area contributed by atoms with E-state index in [2.05, 4.69) is 242 Å². The number of imidazole rings is 1. The molecule has 87 heavy (non-hydrogen) atoms. The second-order valence-electron chi connectivity index (χ2n) is 24.4. The molecule has 5 heterocycles. The first-order valence-electron chi connectivity index (χ1n) is 31.7. The molecule has 0 atom stereocenters. The number of fused-ring (bicyclic) bond motifs is 13. The molecule has 6 nitrogen and oxygen atoms in total. The van der Waals surface area contributed by atoms with Crippen molar-refractivity contribution in [2.45, 2.75) is 52.4 Å². The van der Waals surface area contributed by atoms with E-state index in [4.69, 9.17) is 13.8 Å². The molecule has 0 radical (unpaired) electrons. The molecule has 0 unspecified atom stereocenters. The van der Waals surface area contributed by atoms with Crippen molar-refractivity contribution in [3.63, 3.8) is 0 Å². The van der Waals surface area contributed by atoms with E-state index in [0.29, 0.717) is 22.7 Å². The van der Waals surface area contributed by atoms with E-state index < -0.39 is 18.1 Å². The topological polar surface area (TPSA) is 40.8 Å². The van der Waals surface area contributed by atoms with Crippen molar-refractivity contribution in [2.75, 3.05) is 0 Å². The van der Waals surface area contributed by atoms with Crippen LogP contribution in [0.2, 0.25) is 0 Å². The van der Waals surface area contributed by atoms with Crippen LogP contribution in [-0.4, -0.2) is 18.7 Å². The maximum Gasteiger partial charge on any atom is 0.268 e. The van der Waals surface area contributed by atoms with E-state index in [-0.39, 0.29) is 49.5 Å². The fourth-order valence-electron chi connectivity index (χ4n) is 13.0. The van der Waals surface area contributed by atoms with Crippen LogP contribution in [0.3, 0.4) is 0 Å². The summed E-state index contributed by atoms with van der Waals surface area (Å²) in [5, 5.41) is 4.33. The summed E-state index contributed by atoms with van der Waals surface area (Å²) in [6.07, 6.45) is 5.89. The van der Waals surface area contributed by atoms with Crippen molar-refractivity contribution in [3.05, 3.63) is 278 Å². The second-order valence-corrected chi connectivity index (χ2v) is 24.4. The van der Waals surface area contributed by atoms with Crippen LogP contribution in [-0.2, 0) is 31.9 Å². The summed E-state index contributed by atoms with van der Waals surface area (Å²) < 4.78 is 61.3. The van der Waals surface area contributed by atoms with Gasteiger partial charge in [0.05, 0.1) is 40.3 Å². The Morgan fingerprint density at radius 2 is 1.07 bits per heavy atom. The zero-order chi connectivity index (χ0) is 62.4. The molecule has 7 heteroatoms. The minimum atomic E-state index is -0.446. The van der Waals surface area contributed by atoms with Crippen LogP contribution in [0.1, 0.15) is 59.5 Å². The predicted molar refractivity (Wildman–Crippen MR) is 352 cm³/mol. The van der Waals surface area contributed by atoms with Gasteiger partial charge in [0.2, 0.25) is 0 Å². The van der Waals surface area contributed by atoms with Crippen molar-refractivity contribution in [3.8, 4) is 90.0 Å². The van der Waals surface area contributed by atoms with E-state index in [1.165, 1.54) is 11.1 Å². The Bertz CT molecular complexity index is 5470. The number of ether oxygens (including phenoxy) is 1. The molecule has 1 aliphatic heterocycles. The molecule has 16 rings (SSSR count).